The van der Waals surface area contributed by atoms with Crippen LogP contribution in [0.4, 0.5) is 46.3 Å². The van der Waals surface area contributed by atoms with E-state index in [0.717, 1.165) is 36.4 Å². The second kappa shape index (κ2) is 14.6. The molecule has 8 N–H and O–H groups in total. The number of azo groups is 1. The van der Waals surface area contributed by atoms with E-state index in [2.05, 4.69) is 45.3 Å². The molecule has 0 aliphatic rings. The molecule has 22 nitrogen and oxygen atoms in total. The third kappa shape index (κ3) is 10.3. The lowest BCUT2D eigenvalue weighted by Gasteiger charge is -2.13. The van der Waals surface area contributed by atoms with Crippen LogP contribution in [0.1, 0.15) is 0 Å². The second-order valence-corrected chi connectivity index (χ2v) is 15.5. The molecule has 4 aromatic rings. The lowest BCUT2D eigenvalue weighted by molar-refractivity contribution is 0.284. The predicted octanol–water partition coefficient (Wildman–Crippen LogP) is 2.34. The summed E-state index contributed by atoms with van der Waals surface area (Å²) in [5, 5.41) is 24.6. The van der Waals surface area contributed by atoms with Crippen LogP contribution in [0.25, 0.3) is 0 Å². The Morgan fingerprint density at radius 2 is 1.42 bits per heavy atom. The Bertz CT molecular complexity index is 2460. The number of aromatic nitrogens is 3. The third-order valence-corrected chi connectivity index (χ3v) is 9.82. The lowest BCUT2D eigenvalue weighted by atomic mass is 10.2. The minimum Gasteiger partial charge on any atom is -0.398 e. The van der Waals surface area contributed by atoms with Gasteiger partial charge in [0.05, 0.1) is 39.2 Å². The fourth-order valence-electron chi connectivity index (χ4n) is 3.77. The molecule has 0 saturated carbocycles. The lowest BCUT2D eigenvalue weighted by Crippen LogP contribution is -2.15. The average molecular weight is 771 g/mol. The van der Waals surface area contributed by atoms with Crippen LogP contribution in [-0.4, -0.2) is 74.6 Å². The smallest absolute Gasteiger partial charge is 0.397 e. The number of hydrogen-bond donors (Lipinski definition) is 7. The highest BCUT2D eigenvalue weighted by atomic mass is 32.3. The van der Waals surface area contributed by atoms with Crippen LogP contribution in [0.2, 0.25) is 0 Å². The largest absolute Gasteiger partial charge is 0.398 e. The number of benzene rings is 3. The molecule has 0 atom stereocenters. The molecule has 0 aliphatic carbocycles. The molecule has 4 rings (SSSR count). The van der Waals surface area contributed by atoms with Gasteiger partial charge in [-0.05, 0) is 54.6 Å². The van der Waals surface area contributed by atoms with Gasteiger partial charge in [-0.2, -0.15) is 50.6 Å². The summed E-state index contributed by atoms with van der Waals surface area (Å²) in [5.74, 6) is -1.67. The fourth-order valence-corrected chi connectivity index (χ4v) is 6.40. The van der Waals surface area contributed by atoms with Gasteiger partial charge < -0.3 is 16.4 Å². The van der Waals surface area contributed by atoms with Gasteiger partial charge in [0.2, 0.25) is 17.8 Å². The number of nitriles is 1. The van der Waals surface area contributed by atoms with Crippen molar-refractivity contribution in [2.24, 2.45) is 10.2 Å². The summed E-state index contributed by atoms with van der Waals surface area (Å²) in [5.41, 5.74) is 5.15. The zero-order valence-electron chi connectivity index (χ0n) is 24.6. The molecule has 0 bridgehead atoms. The summed E-state index contributed by atoms with van der Waals surface area (Å²) < 4.78 is 125. The maximum atomic E-state index is 12.4. The first kappa shape index (κ1) is 37.4. The van der Waals surface area contributed by atoms with E-state index >= 15 is 0 Å². The minimum absolute atomic E-state index is 0.0357. The topological polar surface area (TPSA) is 356 Å². The third-order valence-electron chi connectivity index (χ3n) is 5.90. The number of sulfone groups is 1. The Kier molecular flexibility index (Phi) is 10.9. The minimum atomic E-state index is -4.88. The number of nitrogen functional groups attached to an aromatic ring is 1. The van der Waals surface area contributed by atoms with Gasteiger partial charge in [0, 0.05) is 5.69 Å². The summed E-state index contributed by atoms with van der Waals surface area (Å²) in [4.78, 5) is 10.7. The predicted molar refractivity (Wildman–Crippen MR) is 173 cm³/mol. The molecule has 26 heteroatoms. The zero-order chi connectivity index (χ0) is 36.9. The molecular formula is C24H22N10O12S4. The molecule has 1 aromatic heterocycles. The van der Waals surface area contributed by atoms with Crippen molar-refractivity contribution in [3.63, 3.8) is 0 Å². The molecule has 0 saturated heterocycles. The zero-order valence-corrected chi connectivity index (χ0v) is 27.9. The van der Waals surface area contributed by atoms with Crippen LogP contribution < -0.4 is 21.7 Å². The van der Waals surface area contributed by atoms with Gasteiger partial charge >= 0.3 is 10.4 Å². The van der Waals surface area contributed by atoms with Crippen LogP contribution in [0, 0.1) is 11.5 Å². The highest BCUT2D eigenvalue weighted by Crippen LogP contribution is 2.36. The first-order valence-corrected chi connectivity index (χ1v) is 18.9. The fraction of sp³-hybridized carbons (Fsp3) is 0.0833. The van der Waals surface area contributed by atoms with Gasteiger partial charge in [-0.25, -0.2) is 12.6 Å². The van der Waals surface area contributed by atoms with Crippen molar-refractivity contribution < 1.29 is 51.5 Å². The average Bonchev–Trinajstić information content (AvgIpc) is 2.99. The number of nitrogens with one attached hydrogen (secondary N) is 3. The molecule has 0 aliphatic heterocycles. The van der Waals surface area contributed by atoms with Gasteiger partial charge in [-0.3, -0.25) is 19.0 Å². The second-order valence-electron chi connectivity index (χ2n) is 9.44. The van der Waals surface area contributed by atoms with E-state index < -0.39 is 68.3 Å². The SMILES string of the molecule is N#CNc1nc(Nc2cccc(S(=O)(=O)O)c2)nc(Nc2cc(N)c(S(=O)(=O)O)cc2N=Nc2ccc(S(=O)(=O)CCOS(=O)(=O)O)cc2)n1. The highest BCUT2D eigenvalue weighted by Gasteiger charge is 2.20. The summed E-state index contributed by atoms with van der Waals surface area (Å²) >= 11 is 0. The first-order valence-electron chi connectivity index (χ1n) is 13.0. The normalized spacial score (nSPS) is 12.4. The first-order chi connectivity index (χ1) is 23.2. The van der Waals surface area contributed by atoms with Crippen LogP contribution in [0.5, 0.6) is 0 Å². The molecule has 1 heterocycles. The van der Waals surface area contributed by atoms with E-state index in [1.54, 1.807) is 6.19 Å². The van der Waals surface area contributed by atoms with Gasteiger partial charge in [0.25, 0.3) is 20.2 Å². The molecule has 0 radical (unpaired) electrons. The Balaban J connectivity index is 1.68. The number of anilines is 6. The Morgan fingerprint density at radius 3 is 2.02 bits per heavy atom. The van der Waals surface area contributed by atoms with Crippen molar-refractivity contribution in [2.45, 2.75) is 14.7 Å². The van der Waals surface area contributed by atoms with Crippen molar-refractivity contribution in [1.29, 1.82) is 5.26 Å². The number of nitrogens with zero attached hydrogens (tertiary/aromatic N) is 6. The van der Waals surface area contributed by atoms with E-state index in [9.17, 15) is 42.8 Å². The Morgan fingerprint density at radius 1 is 0.780 bits per heavy atom. The summed E-state index contributed by atoms with van der Waals surface area (Å²) in [6.07, 6.45) is 1.61. The summed E-state index contributed by atoms with van der Waals surface area (Å²) in [6, 6.07) is 11.4. The standard InChI is InChI=1S/C24H22N10O12S4/c25-13-27-22-30-23(28-15-2-1-3-17(10-15)48(37,38)39)32-24(31-22)29-19-11-18(26)21(49(40,41)42)12-20(19)34-33-14-4-6-16(7-5-14)47(35,36)9-8-46-50(43,44)45/h1-7,10-12H,8-9,26H2,(H,37,38,39)(H,40,41,42)(H,43,44,45)(H3,27,28,29,30,31,32). The summed E-state index contributed by atoms with van der Waals surface area (Å²) in [7, 11) is -18.3. The number of rotatable bonds is 14. The van der Waals surface area contributed by atoms with Crippen LogP contribution in [0.3, 0.4) is 0 Å². The number of nitrogens with two attached hydrogens (primary N) is 1. The molecule has 0 amide bonds. The van der Waals surface area contributed by atoms with Crippen molar-refractivity contribution in [1.82, 2.24) is 15.0 Å². The molecule has 3 aromatic carbocycles. The molecule has 0 spiro atoms. The molecule has 0 unspecified atom stereocenters. The van der Waals surface area contributed by atoms with Crippen LogP contribution >= 0.6 is 0 Å². The highest BCUT2D eigenvalue weighted by molar-refractivity contribution is 7.91. The van der Waals surface area contributed by atoms with E-state index in [0.29, 0.717) is 0 Å². The van der Waals surface area contributed by atoms with E-state index in [-0.39, 0.29) is 45.5 Å². The van der Waals surface area contributed by atoms with Gasteiger partial charge in [0.1, 0.15) is 10.6 Å². The van der Waals surface area contributed by atoms with Crippen molar-refractivity contribution in [3.05, 3.63) is 60.7 Å². The molecular weight excluding hydrogens is 749 g/mol. The van der Waals surface area contributed by atoms with E-state index in [4.69, 9.17) is 15.5 Å². The van der Waals surface area contributed by atoms with Crippen molar-refractivity contribution in [3.8, 4) is 6.19 Å². The van der Waals surface area contributed by atoms with E-state index in [1.165, 1.54) is 24.3 Å². The maximum Gasteiger partial charge on any atom is 0.397 e. The number of hydrogen-bond acceptors (Lipinski definition) is 19. The molecule has 0 fully saturated rings. The molecule has 264 valence electrons. The van der Waals surface area contributed by atoms with Crippen molar-refractivity contribution in [2.75, 3.05) is 34.0 Å². The maximum absolute atomic E-state index is 12.4. The summed E-state index contributed by atoms with van der Waals surface area (Å²) in [6.45, 7) is -0.848. The van der Waals surface area contributed by atoms with Crippen molar-refractivity contribution >= 4 is 86.8 Å². The van der Waals surface area contributed by atoms with E-state index in [1.807, 2.05) is 0 Å². The van der Waals surface area contributed by atoms with Gasteiger partial charge in [0.15, 0.2) is 16.0 Å². The molecule has 50 heavy (non-hydrogen) atoms. The van der Waals surface area contributed by atoms with Gasteiger partial charge in [-0.15, -0.1) is 5.11 Å². The Hall–Kier alpha value is -5.40. The monoisotopic (exact) mass is 770 g/mol. The quantitative estimate of drug-likeness (QED) is 0.0318. The Labute approximate surface area is 283 Å². The van der Waals surface area contributed by atoms with Gasteiger partial charge in [-0.1, -0.05) is 6.07 Å². The van der Waals surface area contributed by atoms with Crippen LogP contribution in [-0.2, 0) is 44.7 Å². The van der Waals surface area contributed by atoms with Crippen LogP contribution in [0.15, 0.2) is 85.6 Å².